The largest absolute Gasteiger partial charge is 0.455 e. The molecule has 1 N–H and O–H groups in total. The molecule has 1 aromatic heterocycles. The third kappa shape index (κ3) is 4.37. The van der Waals surface area contributed by atoms with Gasteiger partial charge in [0.2, 0.25) is 5.91 Å². The van der Waals surface area contributed by atoms with E-state index < -0.39 is 42.0 Å². The van der Waals surface area contributed by atoms with E-state index >= 15 is 0 Å². The lowest BCUT2D eigenvalue weighted by atomic mass is 10.1. The molecule has 0 aliphatic carbocycles. The first-order valence-corrected chi connectivity index (χ1v) is 8.93. The Hall–Kier alpha value is -3.07. The number of para-hydroxylation sites is 1. The fourth-order valence-electron chi connectivity index (χ4n) is 2.66. The summed E-state index contributed by atoms with van der Waals surface area (Å²) in [6.45, 7) is -0.672. The van der Waals surface area contributed by atoms with Crippen LogP contribution in [0.25, 0.3) is 0 Å². The van der Waals surface area contributed by atoms with Gasteiger partial charge in [-0.2, -0.15) is 0 Å². The maximum Gasteiger partial charge on any atom is 0.311 e. The van der Waals surface area contributed by atoms with Crippen LogP contribution in [-0.2, 0) is 19.1 Å². The molecule has 3 amide bonds. The van der Waals surface area contributed by atoms with Crippen LogP contribution in [0.4, 0.5) is 10.1 Å². The van der Waals surface area contributed by atoms with E-state index in [0.29, 0.717) is 4.88 Å². The number of ether oxygens (including phenoxy) is 1. The fraction of sp³-hybridized carbons (Fsp3) is 0.222. The van der Waals surface area contributed by atoms with Crippen LogP contribution >= 0.6 is 11.3 Å². The van der Waals surface area contributed by atoms with Crippen LogP contribution in [0.3, 0.4) is 0 Å². The lowest BCUT2D eigenvalue weighted by Crippen LogP contribution is -2.35. The molecule has 9 heteroatoms. The molecule has 7 nitrogen and oxygen atoms in total. The Bertz CT molecular complexity index is 884. The number of hydrogen-bond donors (Lipinski definition) is 1. The lowest BCUT2D eigenvalue weighted by Gasteiger charge is -2.17. The van der Waals surface area contributed by atoms with E-state index in [-0.39, 0.29) is 18.7 Å². The Kier molecular flexibility index (Phi) is 5.60. The van der Waals surface area contributed by atoms with E-state index in [2.05, 4.69) is 5.32 Å². The van der Waals surface area contributed by atoms with Gasteiger partial charge in [-0.05, 0) is 23.6 Å². The molecule has 0 spiro atoms. The second-order valence-corrected chi connectivity index (χ2v) is 6.77. The first-order valence-electron chi connectivity index (χ1n) is 8.05. The first-order chi connectivity index (χ1) is 13.0. The quantitative estimate of drug-likeness (QED) is 0.785. The monoisotopic (exact) mass is 390 g/mol. The zero-order valence-electron chi connectivity index (χ0n) is 14.0. The molecule has 0 saturated carbocycles. The third-order valence-corrected chi connectivity index (χ3v) is 4.81. The van der Waals surface area contributed by atoms with Crippen molar-refractivity contribution in [3.05, 3.63) is 52.5 Å². The van der Waals surface area contributed by atoms with Crippen molar-refractivity contribution >= 4 is 40.7 Å². The van der Waals surface area contributed by atoms with Crippen molar-refractivity contribution in [1.82, 2.24) is 5.32 Å². The summed E-state index contributed by atoms with van der Waals surface area (Å²) >= 11 is 1.17. The minimum absolute atomic E-state index is 0.0334. The SMILES string of the molecule is O=C(COC(=O)[C@H]1CC(=O)N(c2ccccc2F)C1)NC(=O)c1cccs1. The van der Waals surface area contributed by atoms with Crippen LogP contribution in [0.15, 0.2) is 41.8 Å². The number of nitrogens with zero attached hydrogens (tertiary/aromatic N) is 1. The lowest BCUT2D eigenvalue weighted by molar-refractivity contribution is -0.152. The van der Waals surface area contributed by atoms with Gasteiger partial charge in [0.15, 0.2) is 6.61 Å². The normalized spacial score (nSPS) is 16.3. The van der Waals surface area contributed by atoms with Crippen molar-refractivity contribution in [3.8, 4) is 0 Å². The first kappa shape index (κ1) is 18.7. The summed E-state index contributed by atoms with van der Waals surface area (Å²) in [5, 5.41) is 3.80. The Morgan fingerprint density at radius 3 is 2.70 bits per heavy atom. The molecule has 1 saturated heterocycles. The standard InChI is InChI=1S/C18H15FN2O5S/c19-12-4-1-2-5-13(12)21-9-11(8-16(21)23)18(25)26-10-15(22)20-17(24)14-6-3-7-27-14/h1-7,11H,8-10H2,(H,20,22,24)/t11-/m0/s1. The van der Waals surface area contributed by atoms with Gasteiger partial charge in [0.1, 0.15) is 5.82 Å². The number of carbonyl (C=O) groups excluding carboxylic acids is 4. The maximum atomic E-state index is 13.8. The Balaban J connectivity index is 1.51. The second-order valence-electron chi connectivity index (χ2n) is 5.82. The average Bonchev–Trinajstić information content (AvgIpc) is 3.30. The number of anilines is 1. The molecule has 1 aliphatic heterocycles. The van der Waals surface area contributed by atoms with Crippen LogP contribution < -0.4 is 10.2 Å². The predicted molar refractivity (Wildman–Crippen MR) is 94.6 cm³/mol. The predicted octanol–water partition coefficient (Wildman–Crippen LogP) is 1.74. The highest BCUT2D eigenvalue weighted by Crippen LogP contribution is 2.27. The zero-order valence-corrected chi connectivity index (χ0v) is 14.8. The molecule has 27 heavy (non-hydrogen) atoms. The van der Waals surface area contributed by atoms with Crippen LogP contribution in [0, 0.1) is 11.7 Å². The number of benzene rings is 1. The summed E-state index contributed by atoms with van der Waals surface area (Å²) in [5.74, 6) is -3.87. The summed E-state index contributed by atoms with van der Waals surface area (Å²) in [5.41, 5.74) is 0.0945. The molecule has 0 bridgehead atoms. The van der Waals surface area contributed by atoms with Crippen LogP contribution in [0.1, 0.15) is 16.1 Å². The number of imide groups is 1. The topological polar surface area (TPSA) is 92.8 Å². The molecule has 1 aliphatic rings. The van der Waals surface area contributed by atoms with Gasteiger partial charge in [-0.15, -0.1) is 11.3 Å². The summed E-state index contributed by atoms with van der Waals surface area (Å²) in [4.78, 5) is 49.2. The van der Waals surface area contributed by atoms with Gasteiger partial charge in [0, 0.05) is 13.0 Å². The minimum atomic E-state index is -0.807. The summed E-state index contributed by atoms with van der Waals surface area (Å²) in [6.07, 6.45) is -0.136. The van der Waals surface area contributed by atoms with Crippen molar-refractivity contribution in [2.24, 2.45) is 5.92 Å². The molecule has 2 aromatic rings. The van der Waals surface area contributed by atoms with E-state index in [1.807, 2.05) is 0 Å². The van der Waals surface area contributed by atoms with Gasteiger partial charge in [-0.1, -0.05) is 18.2 Å². The highest BCUT2D eigenvalue weighted by Gasteiger charge is 2.37. The zero-order chi connectivity index (χ0) is 19.4. The number of amides is 3. The van der Waals surface area contributed by atoms with Gasteiger partial charge in [0.25, 0.3) is 11.8 Å². The smallest absolute Gasteiger partial charge is 0.311 e. The van der Waals surface area contributed by atoms with Gasteiger partial charge >= 0.3 is 5.97 Å². The van der Waals surface area contributed by atoms with Crippen LogP contribution in [0.5, 0.6) is 0 Å². The molecular formula is C18H15FN2O5S. The van der Waals surface area contributed by atoms with Gasteiger partial charge < -0.3 is 9.64 Å². The Morgan fingerprint density at radius 1 is 1.22 bits per heavy atom. The van der Waals surface area contributed by atoms with Crippen molar-refractivity contribution in [2.75, 3.05) is 18.1 Å². The second kappa shape index (κ2) is 8.09. The number of thiophene rings is 1. The number of carbonyl (C=O) groups is 4. The molecule has 1 aromatic carbocycles. The summed E-state index contributed by atoms with van der Waals surface area (Å²) in [7, 11) is 0. The Morgan fingerprint density at radius 2 is 2.00 bits per heavy atom. The molecule has 140 valence electrons. The molecule has 2 heterocycles. The van der Waals surface area contributed by atoms with E-state index in [9.17, 15) is 23.6 Å². The number of hydrogen-bond acceptors (Lipinski definition) is 6. The van der Waals surface area contributed by atoms with Crippen molar-refractivity contribution < 1.29 is 28.3 Å². The minimum Gasteiger partial charge on any atom is -0.455 e. The van der Waals surface area contributed by atoms with Crippen molar-refractivity contribution in [1.29, 1.82) is 0 Å². The molecule has 0 unspecified atom stereocenters. The van der Waals surface area contributed by atoms with Gasteiger partial charge in [-0.25, -0.2) is 4.39 Å². The summed E-state index contributed by atoms with van der Waals surface area (Å²) < 4.78 is 18.7. The summed E-state index contributed by atoms with van der Waals surface area (Å²) in [6, 6.07) is 8.99. The molecular weight excluding hydrogens is 375 g/mol. The van der Waals surface area contributed by atoms with Crippen LogP contribution in [-0.4, -0.2) is 36.8 Å². The molecule has 0 radical (unpaired) electrons. The fourth-order valence-corrected chi connectivity index (χ4v) is 3.27. The third-order valence-electron chi connectivity index (χ3n) is 3.95. The highest BCUT2D eigenvalue weighted by molar-refractivity contribution is 7.12. The number of rotatable bonds is 5. The maximum absolute atomic E-state index is 13.8. The number of nitrogens with one attached hydrogen (secondary N) is 1. The van der Waals surface area contributed by atoms with E-state index in [4.69, 9.17) is 4.74 Å². The van der Waals surface area contributed by atoms with E-state index in [0.717, 1.165) is 0 Å². The average molecular weight is 390 g/mol. The van der Waals surface area contributed by atoms with Gasteiger partial charge in [0.05, 0.1) is 16.5 Å². The molecule has 3 rings (SSSR count). The Labute approximate surface area is 157 Å². The van der Waals surface area contributed by atoms with Gasteiger partial charge in [-0.3, -0.25) is 24.5 Å². The number of esters is 1. The van der Waals surface area contributed by atoms with Crippen molar-refractivity contribution in [2.45, 2.75) is 6.42 Å². The number of halogens is 1. The molecule has 1 fully saturated rings. The molecule has 1 atom stereocenters. The van der Waals surface area contributed by atoms with E-state index in [1.54, 1.807) is 23.6 Å². The van der Waals surface area contributed by atoms with Crippen molar-refractivity contribution in [3.63, 3.8) is 0 Å². The van der Waals surface area contributed by atoms with Crippen LogP contribution in [0.2, 0.25) is 0 Å². The highest BCUT2D eigenvalue weighted by atomic mass is 32.1. The van der Waals surface area contributed by atoms with E-state index in [1.165, 1.54) is 34.4 Å².